The smallest absolute Gasteiger partial charge is 0.255 e. The van der Waals surface area contributed by atoms with Crippen LogP contribution in [0.3, 0.4) is 0 Å². The number of hydrogen-bond acceptors (Lipinski definition) is 4. The molecule has 34 heavy (non-hydrogen) atoms. The Morgan fingerprint density at radius 2 is 2.03 bits per heavy atom. The second kappa shape index (κ2) is 10.4. The molecule has 0 saturated heterocycles. The number of carbonyl (C=O) groups excluding carboxylic acids is 1. The van der Waals surface area contributed by atoms with Crippen molar-refractivity contribution in [3.05, 3.63) is 52.2 Å². The highest BCUT2D eigenvalue weighted by Gasteiger charge is 2.31. The molecule has 1 saturated carbocycles. The first-order valence-corrected chi connectivity index (χ1v) is 13.0. The monoisotopic (exact) mass is 483 g/mol. The summed E-state index contributed by atoms with van der Waals surface area (Å²) in [4.78, 5) is 17.8. The predicted octanol–water partition coefficient (Wildman–Crippen LogP) is 5.48. The van der Waals surface area contributed by atoms with E-state index in [0.29, 0.717) is 34.9 Å². The molecular weight excluding hydrogens is 450 g/mol. The standard InChI is InChI=1S/C26H33N3O4S/c1-5-6-7-12-29(34(31)32)15-22-20(18-9-10-18)14-21-23(25(30)27-4)24(33-26(21)28-22)19-11-8-16(2)13-17(19)3/h8,11,13-14,18H,5-7,9-10,12,15H2,1-4H3,(H,27,30)(H,31,32). The van der Waals surface area contributed by atoms with Gasteiger partial charge in [-0.15, -0.1) is 0 Å². The third kappa shape index (κ3) is 5.09. The Kier molecular flexibility index (Phi) is 7.50. The number of pyridine rings is 1. The Morgan fingerprint density at radius 3 is 2.65 bits per heavy atom. The van der Waals surface area contributed by atoms with Crippen molar-refractivity contribution in [1.29, 1.82) is 0 Å². The van der Waals surface area contributed by atoms with E-state index in [0.717, 1.165) is 60.1 Å². The normalized spacial score (nSPS) is 14.6. The summed E-state index contributed by atoms with van der Waals surface area (Å²) in [5, 5.41) is 3.43. The number of benzene rings is 1. The molecule has 8 heteroatoms. The van der Waals surface area contributed by atoms with E-state index in [4.69, 9.17) is 9.40 Å². The van der Waals surface area contributed by atoms with Crippen LogP contribution in [0.4, 0.5) is 0 Å². The molecule has 0 aliphatic heterocycles. The largest absolute Gasteiger partial charge is 0.437 e. The second-order valence-electron chi connectivity index (χ2n) is 9.16. The number of hydrogen-bond donors (Lipinski definition) is 2. The predicted molar refractivity (Wildman–Crippen MR) is 135 cm³/mol. The van der Waals surface area contributed by atoms with E-state index < -0.39 is 11.3 Å². The molecule has 1 unspecified atom stereocenters. The molecule has 1 amide bonds. The van der Waals surface area contributed by atoms with Gasteiger partial charge in [-0.3, -0.25) is 9.35 Å². The number of aromatic nitrogens is 1. The van der Waals surface area contributed by atoms with Crippen molar-refractivity contribution in [3.63, 3.8) is 0 Å². The Balaban J connectivity index is 1.84. The van der Waals surface area contributed by atoms with E-state index in [1.807, 2.05) is 32.0 Å². The van der Waals surface area contributed by atoms with Gasteiger partial charge in [0, 0.05) is 19.2 Å². The average molecular weight is 484 g/mol. The van der Waals surface area contributed by atoms with Gasteiger partial charge in [-0.1, -0.05) is 43.5 Å². The zero-order valence-corrected chi connectivity index (χ0v) is 21.1. The van der Waals surface area contributed by atoms with E-state index in [-0.39, 0.29) is 12.5 Å². The molecular formula is C26H33N3O4S. The highest BCUT2D eigenvalue weighted by Crippen LogP contribution is 2.44. The first-order valence-electron chi connectivity index (χ1n) is 12.0. The lowest BCUT2D eigenvalue weighted by Gasteiger charge is -2.18. The van der Waals surface area contributed by atoms with Gasteiger partial charge in [0.25, 0.3) is 5.91 Å². The van der Waals surface area contributed by atoms with E-state index in [1.165, 1.54) is 0 Å². The van der Waals surface area contributed by atoms with Crippen LogP contribution in [-0.2, 0) is 17.8 Å². The number of fused-ring (bicyclic) bond motifs is 1. The van der Waals surface area contributed by atoms with Crippen LogP contribution < -0.4 is 5.32 Å². The van der Waals surface area contributed by atoms with Crippen LogP contribution >= 0.6 is 0 Å². The van der Waals surface area contributed by atoms with Crippen molar-refractivity contribution < 1.29 is 18.0 Å². The fourth-order valence-electron chi connectivity index (χ4n) is 4.48. The van der Waals surface area contributed by atoms with Crippen LogP contribution in [0.1, 0.15) is 77.7 Å². The lowest BCUT2D eigenvalue weighted by atomic mass is 9.98. The molecule has 1 atom stereocenters. The minimum atomic E-state index is -2.09. The minimum Gasteiger partial charge on any atom is -0.437 e. The van der Waals surface area contributed by atoms with Crippen molar-refractivity contribution in [2.24, 2.45) is 0 Å². The number of nitrogens with one attached hydrogen (secondary N) is 1. The maximum Gasteiger partial charge on any atom is 0.255 e. The molecule has 182 valence electrons. The van der Waals surface area contributed by atoms with Crippen LogP contribution in [-0.4, -0.2) is 37.6 Å². The van der Waals surface area contributed by atoms with E-state index in [9.17, 15) is 13.6 Å². The summed E-state index contributed by atoms with van der Waals surface area (Å²) in [5.41, 5.74) is 5.66. The molecule has 2 N–H and O–H groups in total. The van der Waals surface area contributed by atoms with E-state index >= 15 is 0 Å². The summed E-state index contributed by atoms with van der Waals surface area (Å²) in [7, 11) is 1.61. The molecule has 0 radical (unpaired) electrons. The van der Waals surface area contributed by atoms with Gasteiger partial charge >= 0.3 is 0 Å². The molecule has 1 fully saturated rings. The summed E-state index contributed by atoms with van der Waals surface area (Å²) in [5.74, 6) is 0.639. The first-order chi connectivity index (χ1) is 16.3. The minimum absolute atomic E-state index is 0.220. The van der Waals surface area contributed by atoms with Gasteiger partial charge in [0.2, 0.25) is 17.0 Å². The third-order valence-electron chi connectivity index (χ3n) is 6.45. The lowest BCUT2D eigenvalue weighted by molar-refractivity contribution is 0.0964. The van der Waals surface area contributed by atoms with Gasteiger partial charge in [-0.05, 0) is 56.2 Å². The fraction of sp³-hybridized carbons (Fsp3) is 0.462. The highest BCUT2D eigenvalue weighted by molar-refractivity contribution is 7.76. The number of carbonyl (C=O) groups is 1. The maximum absolute atomic E-state index is 13.0. The molecule has 1 aliphatic carbocycles. The van der Waals surface area contributed by atoms with Crippen molar-refractivity contribution in [2.45, 2.75) is 65.3 Å². The van der Waals surface area contributed by atoms with Gasteiger partial charge in [-0.25, -0.2) is 9.19 Å². The molecule has 0 spiro atoms. The number of nitrogens with zero attached hydrogens (tertiary/aromatic N) is 2. The van der Waals surface area contributed by atoms with Crippen molar-refractivity contribution >= 4 is 28.3 Å². The molecule has 4 rings (SSSR count). The van der Waals surface area contributed by atoms with Crippen molar-refractivity contribution in [3.8, 4) is 11.3 Å². The quantitative estimate of drug-likeness (QED) is 0.294. The van der Waals surface area contributed by atoms with Crippen molar-refractivity contribution in [2.75, 3.05) is 13.6 Å². The fourth-order valence-corrected chi connectivity index (χ4v) is 4.99. The average Bonchev–Trinajstić information content (AvgIpc) is 3.58. The molecule has 1 aromatic carbocycles. The summed E-state index contributed by atoms with van der Waals surface area (Å²) in [6.07, 6.45) is 4.99. The third-order valence-corrected chi connectivity index (χ3v) is 7.20. The zero-order chi connectivity index (χ0) is 24.4. The van der Waals surface area contributed by atoms with Gasteiger partial charge in [0.05, 0.1) is 23.2 Å². The second-order valence-corrected chi connectivity index (χ2v) is 10.1. The Bertz CT molecular complexity index is 1230. The molecule has 0 bridgehead atoms. The Hall–Kier alpha value is -2.55. The number of aryl methyl sites for hydroxylation is 2. The maximum atomic E-state index is 13.0. The molecule has 3 aromatic rings. The summed E-state index contributed by atoms with van der Waals surface area (Å²) >= 11 is -2.09. The highest BCUT2D eigenvalue weighted by atomic mass is 32.2. The Morgan fingerprint density at radius 1 is 1.26 bits per heavy atom. The summed E-state index contributed by atoms with van der Waals surface area (Å²) in [6, 6.07) is 8.06. The van der Waals surface area contributed by atoms with Gasteiger partial charge in [0.15, 0.2) is 5.76 Å². The number of furan rings is 1. The van der Waals surface area contributed by atoms with Crippen LogP contribution in [0.25, 0.3) is 22.4 Å². The van der Waals surface area contributed by atoms with Crippen LogP contribution in [0.2, 0.25) is 0 Å². The molecule has 2 heterocycles. The van der Waals surface area contributed by atoms with Crippen molar-refractivity contribution in [1.82, 2.24) is 14.6 Å². The molecule has 2 aromatic heterocycles. The van der Waals surface area contributed by atoms with E-state index in [1.54, 1.807) is 11.4 Å². The van der Waals surface area contributed by atoms with Crippen LogP contribution in [0, 0.1) is 13.8 Å². The van der Waals surface area contributed by atoms with E-state index in [2.05, 4.69) is 18.3 Å². The summed E-state index contributed by atoms with van der Waals surface area (Å²) < 4.78 is 29.7. The molecule has 1 aliphatic rings. The zero-order valence-electron chi connectivity index (χ0n) is 20.3. The van der Waals surface area contributed by atoms with Gasteiger partial charge < -0.3 is 9.73 Å². The number of rotatable bonds is 10. The topological polar surface area (TPSA) is 95.7 Å². The van der Waals surface area contributed by atoms with Gasteiger partial charge in [-0.2, -0.15) is 4.31 Å². The SMILES string of the molecule is CCCCCN(Cc1nc2oc(-c3ccc(C)cc3C)c(C(=O)NC)c2cc1C1CC1)S(=O)O. The lowest BCUT2D eigenvalue weighted by Crippen LogP contribution is -2.27. The number of unbranched alkanes of at least 4 members (excludes halogenated alkanes) is 2. The van der Waals surface area contributed by atoms with Crippen LogP contribution in [0.15, 0.2) is 28.7 Å². The number of amides is 1. The molecule has 7 nitrogen and oxygen atoms in total. The van der Waals surface area contributed by atoms with Crippen LogP contribution in [0.5, 0.6) is 0 Å². The first kappa shape index (κ1) is 24.6. The Labute approximate surface area is 203 Å². The van der Waals surface area contributed by atoms with Gasteiger partial charge in [0.1, 0.15) is 0 Å². The summed E-state index contributed by atoms with van der Waals surface area (Å²) in [6.45, 7) is 6.93.